The van der Waals surface area contributed by atoms with Crippen LogP contribution in [0.5, 0.6) is 0 Å². The van der Waals surface area contributed by atoms with Crippen LogP contribution in [0, 0.1) is 0 Å². The molecule has 0 bridgehead atoms. The monoisotopic (exact) mass is 120 g/mol. The maximum absolute atomic E-state index is 8.27. The van der Waals surface area contributed by atoms with Crippen LogP contribution in [0.1, 0.15) is 0 Å². The Labute approximate surface area is 46.6 Å². The maximum Gasteiger partial charge on any atom is 0.186 e. The van der Waals surface area contributed by atoms with E-state index in [1.807, 2.05) is 0 Å². The fourth-order valence-electron chi connectivity index (χ4n) is 0.521. The second-order valence-electron chi connectivity index (χ2n) is 1.50. The summed E-state index contributed by atoms with van der Waals surface area (Å²) < 4.78 is 9.43. The van der Waals surface area contributed by atoms with Crippen LogP contribution < -0.4 is 0 Å². The van der Waals surface area contributed by atoms with Gasteiger partial charge in [-0.1, -0.05) is 0 Å². The van der Waals surface area contributed by atoms with Crippen molar-refractivity contribution in [3.05, 3.63) is 0 Å². The molecule has 1 saturated heterocycles. The minimum atomic E-state index is -0.507. The lowest BCUT2D eigenvalue weighted by molar-refractivity contribution is -0.396. The molecule has 4 heteroatoms. The number of ether oxygens (including phenoxy) is 2. The minimum absolute atomic E-state index is 0.142. The highest BCUT2D eigenvalue weighted by atomic mass is 16.9. The Hall–Kier alpha value is -0.160. The summed E-state index contributed by atoms with van der Waals surface area (Å²) in [6.45, 7) is -0.285. The lowest BCUT2D eigenvalue weighted by Gasteiger charge is -2.33. The normalized spacial score (nSPS) is 36.8. The van der Waals surface area contributed by atoms with Gasteiger partial charge in [0.25, 0.3) is 0 Å². The van der Waals surface area contributed by atoms with Crippen molar-refractivity contribution in [1.82, 2.24) is 0 Å². The van der Waals surface area contributed by atoms with Crippen molar-refractivity contribution in [1.29, 1.82) is 0 Å². The van der Waals surface area contributed by atoms with Gasteiger partial charge in [0.1, 0.15) is 0 Å². The molecule has 0 saturated carbocycles. The van der Waals surface area contributed by atoms with Crippen LogP contribution in [0.3, 0.4) is 0 Å². The third-order valence-electron chi connectivity index (χ3n) is 0.905. The fourth-order valence-corrected chi connectivity index (χ4v) is 0.521. The molecule has 0 atom stereocenters. The van der Waals surface area contributed by atoms with E-state index < -0.39 is 12.6 Å². The van der Waals surface area contributed by atoms with Gasteiger partial charge < -0.3 is 19.7 Å². The van der Waals surface area contributed by atoms with E-state index in [0.29, 0.717) is 0 Å². The fraction of sp³-hybridized carbons (Fsp3) is 1.00. The van der Waals surface area contributed by atoms with E-state index in [2.05, 4.69) is 0 Å². The lowest BCUT2D eigenvalue weighted by Crippen LogP contribution is -2.45. The molecule has 4 nitrogen and oxygen atoms in total. The van der Waals surface area contributed by atoms with E-state index in [1.54, 1.807) is 0 Å². The van der Waals surface area contributed by atoms with Gasteiger partial charge in [-0.05, 0) is 0 Å². The van der Waals surface area contributed by atoms with Crippen LogP contribution in [0.4, 0.5) is 0 Å². The smallest absolute Gasteiger partial charge is 0.186 e. The molecule has 1 rings (SSSR count). The first kappa shape index (κ1) is 5.97. The highest BCUT2D eigenvalue weighted by Gasteiger charge is 2.28. The van der Waals surface area contributed by atoms with Crippen molar-refractivity contribution in [3.63, 3.8) is 0 Å². The first-order valence-corrected chi connectivity index (χ1v) is 2.39. The van der Waals surface area contributed by atoms with Crippen LogP contribution in [0.15, 0.2) is 0 Å². The Bertz CT molecular complexity index is 60.4. The second-order valence-corrected chi connectivity index (χ2v) is 1.50. The molecule has 0 aromatic carbocycles. The molecule has 1 aliphatic rings. The zero-order chi connectivity index (χ0) is 5.98. The summed E-state index contributed by atoms with van der Waals surface area (Å²) in [5, 5.41) is 16.5. The highest BCUT2D eigenvalue weighted by Crippen LogP contribution is 2.14. The molecular weight excluding hydrogens is 112 g/mol. The Morgan fingerprint density at radius 1 is 1.00 bits per heavy atom. The third kappa shape index (κ3) is 0.976. The topological polar surface area (TPSA) is 58.9 Å². The van der Waals surface area contributed by atoms with Crippen molar-refractivity contribution >= 4 is 0 Å². The number of rotatable bonds is 2. The average molecular weight is 120 g/mol. The van der Waals surface area contributed by atoms with Crippen LogP contribution in [-0.2, 0) is 9.47 Å². The average Bonchev–Trinajstić information content (AvgIpc) is 1.65. The van der Waals surface area contributed by atoms with Crippen molar-refractivity contribution in [3.8, 4) is 0 Å². The molecule has 0 radical (unpaired) electrons. The predicted octanol–water partition coefficient (Wildman–Crippen LogP) is -1.33. The molecule has 0 spiro atoms. The molecule has 0 aliphatic carbocycles. The number of aliphatic hydroxyl groups is 2. The first-order valence-electron chi connectivity index (χ1n) is 2.39. The number of hydrogen-bond acceptors (Lipinski definition) is 4. The Kier molecular flexibility index (Phi) is 1.80. The van der Waals surface area contributed by atoms with E-state index in [4.69, 9.17) is 19.7 Å². The van der Waals surface area contributed by atoms with Gasteiger partial charge in [0.2, 0.25) is 0 Å². The molecule has 48 valence electrons. The van der Waals surface area contributed by atoms with Gasteiger partial charge >= 0.3 is 0 Å². The molecule has 2 N–H and O–H groups in total. The largest absolute Gasteiger partial charge is 0.391 e. The summed E-state index contributed by atoms with van der Waals surface area (Å²) in [4.78, 5) is 0. The maximum atomic E-state index is 8.27. The summed E-state index contributed by atoms with van der Waals surface area (Å²) in [5.74, 6) is 0. The Morgan fingerprint density at radius 2 is 1.38 bits per heavy atom. The Morgan fingerprint density at radius 3 is 1.62 bits per heavy atom. The van der Waals surface area contributed by atoms with Gasteiger partial charge in [-0.25, -0.2) is 0 Å². The van der Waals surface area contributed by atoms with Crippen molar-refractivity contribution in [2.45, 2.75) is 12.6 Å². The molecular formula is C4H8O4. The zero-order valence-corrected chi connectivity index (χ0v) is 4.28. The van der Waals surface area contributed by atoms with Crippen LogP contribution in [0.25, 0.3) is 0 Å². The SMILES string of the molecule is OCC1OC(CO)O1. The first-order chi connectivity index (χ1) is 3.86. The van der Waals surface area contributed by atoms with Crippen LogP contribution >= 0.6 is 0 Å². The molecule has 1 aliphatic heterocycles. The molecule has 0 aromatic rings. The molecule has 1 heterocycles. The van der Waals surface area contributed by atoms with E-state index in [0.717, 1.165) is 0 Å². The van der Waals surface area contributed by atoms with Crippen molar-refractivity contribution < 1.29 is 19.7 Å². The van der Waals surface area contributed by atoms with Crippen molar-refractivity contribution in [2.24, 2.45) is 0 Å². The molecule has 0 unspecified atom stereocenters. The minimum Gasteiger partial charge on any atom is -0.391 e. The van der Waals surface area contributed by atoms with Crippen molar-refractivity contribution in [2.75, 3.05) is 13.2 Å². The Balaban J connectivity index is 2.03. The van der Waals surface area contributed by atoms with Gasteiger partial charge in [0.05, 0.1) is 13.2 Å². The summed E-state index contributed by atoms with van der Waals surface area (Å²) in [6.07, 6.45) is -1.01. The van der Waals surface area contributed by atoms with Gasteiger partial charge in [-0.3, -0.25) is 0 Å². The molecule has 1 fully saturated rings. The predicted molar refractivity (Wildman–Crippen MR) is 23.9 cm³/mol. The van der Waals surface area contributed by atoms with Gasteiger partial charge in [-0.15, -0.1) is 0 Å². The highest BCUT2D eigenvalue weighted by molar-refractivity contribution is 4.55. The van der Waals surface area contributed by atoms with E-state index in [9.17, 15) is 0 Å². The standard InChI is InChI=1S/C4H8O4/c5-1-3-7-4(2-6)8-3/h3-6H,1-2H2. The van der Waals surface area contributed by atoms with Gasteiger partial charge in [0.15, 0.2) is 12.6 Å². The molecule has 0 amide bonds. The number of hydrogen-bond donors (Lipinski definition) is 2. The third-order valence-corrected chi connectivity index (χ3v) is 0.905. The molecule has 8 heavy (non-hydrogen) atoms. The summed E-state index contributed by atoms with van der Waals surface area (Å²) >= 11 is 0. The van der Waals surface area contributed by atoms with E-state index in [1.165, 1.54) is 0 Å². The quantitative estimate of drug-likeness (QED) is 0.474. The summed E-state index contributed by atoms with van der Waals surface area (Å²) in [7, 11) is 0. The lowest BCUT2D eigenvalue weighted by atomic mass is 10.5. The zero-order valence-electron chi connectivity index (χ0n) is 4.28. The second kappa shape index (κ2) is 2.41. The summed E-state index contributed by atoms with van der Waals surface area (Å²) in [6, 6.07) is 0. The van der Waals surface area contributed by atoms with E-state index >= 15 is 0 Å². The van der Waals surface area contributed by atoms with Crippen LogP contribution in [0.2, 0.25) is 0 Å². The van der Waals surface area contributed by atoms with E-state index in [-0.39, 0.29) is 13.2 Å². The van der Waals surface area contributed by atoms with Gasteiger partial charge in [0, 0.05) is 0 Å². The number of aliphatic hydroxyl groups excluding tert-OH is 2. The van der Waals surface area contributed by atoms with Gasteiger partial charge in [-0.2, -0.15) is 0 Å². The van der Waals surface area contributed by atoms with Crippen LogP contribution in [-0.4, -0.2) is 36.0 Å². The molecule has 0 aromatic heterocycles. The summed E-state index contributed by atoms with van der Waals surface area (Å²) in [5.41, 5.74) is 0.